The van der Waals surface area contributed by atoms with Gasteiger partial charge < -0.3 is 30.2 Å². The van der Waals surface area contributed by atoms with Crippen LogP contribution in [0.15, 0.2) is 18.2 Å². The lowest BCUT2D eigenvalue weighted by atomic mass is 10.1. The Kier molecular flexibility index (Phi) is 8.03. The molecule has 1 heterocycles. The first-order valence-corrected chi connectivity index (χ1v) is 9.28. The number of amides is 1. The van der Waals surface area contributed by atoms with E-state index in [0.29, 0.717) is 12.2 Å². The van der Waals surface area contributed by atoms with Crippen molar-refractivity contribution in [1.82, 2.24) is 0 Å². The third kappa shape index (κ3) is 6.74. The fourth-order valence-electron chi connectivity index (χ4n) is 3.07. The quantitative estimate of drug-likeness (QED) is 0.426. The molecule has 0 saturated carbocycles. The number of anilines is 1. The molecule has 7 nitrogen and oxygen atoms in total. The van der Waals surface area contributed by atoms with Gasteiger partial charge in [-0.3, -0.25) is 4.79 Å². The standard InChI is InChI=1S/C19H29N3O4/c1-14-4-5-16(12-15(14)2)21-18(23)13-17(19(24)25)20-6-3-7-22-8-10-26-11-9-22/h4-5,12,17,20H,3,6-11,13H2,1-2H3,(H,21,23)(H,24,25)/p+1/t17-/m0/s1. The molecule has 1 amide bonds. The van der Waals surface area contributed by atoms with E-state index in [9.17, 15) is 14.7 Å². The van der Waals surface area contributed by atoms with Crippen molar-refractivity contribution in [2.75, 3.05) is 44.7 Å². The van der Waals surface area contributed by atoms with Gasteiger partial charge in [-0.25, -0.2) is 0 Å². The molecule has 0 unspecified atom stereocenters. The van der Waals surface area contributed by atoms with E-state index in [-0.39, 0.29) is 12.3 Å². The molecular weight excluding hydrogens is 334 g/mol. The number of carboxylic acids is 1. The molecule has 1 aromatic rings. The van der Waals surface area contributed by atoms with Crippen LogP contribution in [0.3, 0.4) is 0 Å². The number of morpholine rings is 1. The molecule has 26 heavy (non-hydrogen) atoms. The summed E-state index contributed by atoms with van der Waals surface area (Å²) in [7, 11) is 0. The molecule has 7 heteroatoms. The maximum atomic E-state index is 12.2. The van der Waals surface area contributed by atoms with E-state index in [1.807, 2.05) is 32.0 Å². The van der Waals surface area contributed by atoms with Crippen LogP contribution in [0.1, 0.15) is 24.0 Å². The predicted molar refractivity (Wildman–Crippen MR) is 95.7 cm³/mol. The summed E-state index contributed by atoms with van der Waals surface area (Å²) < 4.78 is 5.32. The van der Waals surface area contributed by atoms with Crippen LogP contribution in [0.4, 0.5) is 5.69 Å². The number of carboxylic acid groups (broad SMARTS) is 1. The molecule has 0 spiro atoms. The zero-order valence-electron chi connectivity index (χ0n) is 15.7. The minimum absolute atomic E-state index is 0.0976. The van der Waals surface area contributed by atoms with E-state index < -0.39 is 12.0 Å². The smallest absolute Gasteiger partial charge is 0.230 e. The Bertz CT molecular complexity index is 615. The van der Waals surface area contributed by atoms with E-state index in [1.165, 1.54) is 4.90 Å². The first-order chi connectivity index (χ1) is 12.5. The van der Waals surface area contributed by atoms with E-state index in [2.05, 4.69) is 5.32 Å². The van der Waals surface area contributed by atoms with Gasteiger partial charge in [0.2, 0.25) is 5.91 Å². The maximum Gasteiger partial charge on any atom is 0.230 e. The number of carbonyl (C=O) groups is 2. The number of hydrogen-bond acceptors (Lipinski definition) is 4. The zero-order valence-corrected chi connectivity index (χ0v) is 15.7. The third-order valence-corrected chi connectivity index (χ3v) is 4.88. The van der Waals surface area contributed by atoms with Crippen molar-refractivity contribution < 1.29 is 29.6 Å². The highest BCUT2D eigenvalue weighted by Crippen LogP contribution is 2.14. The largest absolute Gasteiger partial charge is 0.544 e. The summed E-state index contributed by atoms with van der Waals surface area (Å²) in [6.45, 7) is 9.22. The fraction of sp³-hybridized carbons (Fsp3) is 0.579. The summed E-state index contributed by atoms with van der Waals surface area (Å²) in [5.74, 6) is -1.50. The van der Waals surface area contributed by atoms with Gasteiger partial charge in [0.05, 0.1) is 38.7 Å². The third-order valence-electron chi connectivity index (χ3n) is 4.88. The average Bonchev–Trinajstić information content (AvgIpc) is 2.61. The van der Waals surface area contributed by atoms with E-state index in [4.69, 9.17) is 4.74 Å². The Morgan fingerprint density at radius 3 is 2.65 bits per heavy atom. The second-order valence-corrected chi connectivity index (χ2v) is 6.97. The normalized spacial score (nSPS) is 16.2. The molecule has 1 saturated heterocycles. The molecule has 1 aliphatic heterocycles. The summed E-state index contributed by atoms with van der Waals surface area (Å²) in [5.41, 5.74) is 2.91. The Morgan fingerprint density at radius 2 is 2.00 bits per heavy atom. The Morgan fingerprint density at radius 1 is 1.27 bits per heavy atom. The number of rotatable bonds is 9. The monoisotopic (exact) mass is 364 g/mol. The van der Waals surface area contributed by atoms with Crippen molar-refractivity contribution in [3.05, 3.63) is 29.3 Å². The molecule has 2 rings (SSSR count). The first-order valence-electron chi connectivity index (χ1n) is 9.28. The van der Waals surface area contributed by atoms with E-state index >= 15 is 0 Å². The fourth-order valence-corrected chi connectivity index (χ4v) is 3.07. The van der Waals surface area contributed by atoms with Gasteiger partial charge in [-0.05, 0) is 37.1 Å². The Balaban J connectivity index is 1.74. The number of carbonyl (C=O) groups excluding carboxylic acids is 2. The molecule has 0 bridgehead atoms. The minimum atomic E-state index is -1.20. The van der Waals surface area contributed by atoms with Crippen LogP contribution >= 0.6 is 0 Å². The van der Waals surface area contributed by atoms with Gasteiger partial charge in [-0.1, -0.05) is 6.07 Å². The summed E-state index contributed by atoms with van der Waals surface area (Å²) in [6.07, 6.45) is 0.803. The molecule has 4 N–H and O–H groups in total. The van der Waals surface area contributed by atoms with Crippen molar-refractivity contribution >= 4 is 17.6 Å². The van der Waals surface area contributed by atoms with Crippen molar-refractivity contribution in [3.8, 4) is 0 Å². The lowest BCUT2D eigenvalue weighted by Crippen LogP contribution is -3.14. The Hall–Kier alpha value is -1.96. The molecule has 0 radical (unpaired) electrons. The van der Waals surface area contributed by atoms with Gasteiger partial charge in [0.15, 0.2) is 0 Å². The molecule has 144 valence electrons. The van der Waals surface area contributed by atoms with Crippen molar-refractivity contribution in [2.45, 2.75) is 32.7 Å². The van der Waals surface area contributed by atoms with Gasteiger partial charge in [-0.2, -0.15) is 0 Å². The molecule has 1 fully saturated rings. The van der Waals surface area contributed by atoms with Crippen molar-refractivity contribution in [1.29, 1.82) is 0 Å². The predicted octanol–water partition coefficient (Wildman–Crippen LogP) is -2.38. The number of hydrogen-bond donors (Lipinski definition) is 3. The molecular formula is C19H30N3O4+. The summed E-state index contributed by atoms with van der Waals surface area (Å²) in [6, 6.07) is 4.78. The van der Waals surface area contributed by atoms with Gasteiger partial charge in [0.1, 0.15) is 19.1 Å². The van der Waals surface area contributed by atoms with E-state index in [0.717, 1.165) is 50.4 Å². The van der Waals surface area contributed by atoms with Crippen LogP contribution in [0, 0.1) is 13.8 Å². The van der Waals surface area contributed by atoms with Crippen LogP contribution in [0.2, 0.25) is 0 Å². The number of aliphatic carboxylic acids is 1. The van der Waals surface area contributed by atoms with Gasteiger partial charge in [0, 0.05) is 12.1 Å². The number of quaternary nitrogens is 2. The first kappa shape index (κ1) is 20.4. The van der Waals surface area contributed by atoms with Crippen LogP contribution < -0.4 is 20.6 Å². The van der Waals surface area contributed by atoms with Crippen LogP contribution in [0.5, 0.6) is 0 Å². The van der Waals surface area contributed by atoms with Crippen LogP contribution in [-0.4, -0.2) is 57.3 Å². The number of aryl methyl sites for hydroxylation is 2. The average molecular weight is 364 g/mol. The van der Waals surface area contributed by atoms with Gasteiger partial charge in [-0.15, -0.1) is 0 Å². The minimum Gasteiger partial charge on any atom is -0.544 e. The molecule has 0 aliphatic carbocycles. The highest BCUT2D eigenvalue weighted by atomic mass is 16.5. The SMILES string of the molecule is Cc1ccc(NC(=O)C[C@H]([NH2+]CCC[NH+]2CCOCC2)C(=O)[O-])cc1C. The lowest BCUT2D eigenvalue weighted by molar-refractivity contribution is -0.909. The van der Waals surface area contributed by atoms with Crippen molar-refractivity contribution in [2.24, 2.45) is 0 Å². The molecule has 1 atom stereocenters. The summed E-state index contributed by atoms with van der Waals surface area (Å²) >= 11 is 0. The second kappa shape index (κ2) is 10.3. The van der Waals surface area contributed by atoms with Gasteiger partial charge >= 0.3 is 0 Å². The summed E-state index contributed by atoms with van der Waals surface area (Å²) in [4.78, 5) is 25.0. The van der Waals surface area contributed by atoms with Gasteiger partial charge in [0.25, 0.3) is 0 Å². The highest BCUT2D eigenvalue weighted by molar-refractivity contribution is 5.93. The number of nitrogens with one attached hydrogen (secondary N) is 2. The van der Waals surface area contributed by atoms with Crippen LogP contribution in [0.25, 0.3) is 0 Å². The van der Waals surface area contributed by atoms with Crippen LogP contribution in [-0.2, 0) is 14.3 Å². The number of benzene rings is 1. The molecule has 1 aromatic carbocycles. The van der Waals surface area contributed by atoms with E-state index in [1.54, 1.807) is 5.32 Å². The summed E-state index contributed by atoms with van der Waals surface area (Å²) in [5, 5.41) is 15.8. The highest BCUT2D eigenvalue weighted by Gasteiger charge is 2.19. The molecule has 1 aliphatic rings. The maximum absolute atomic E-state index is 12.2. The zero-order chi connectivity index (χ0) is 18.9. The molecule has 0 aromatic heterocycles. The lowest BCUT2D eigenvalue weighted by Gasteiger charge is -2.23. The Labute approximate surface area is 154 Å². The topological polar surface area (TPSA) is 99.5 Å². The number of ether oxygens (including phenoxy) is 1. The number of nitrogens with two attached hydrogens (primary N) is 1. The van der Waals surface area contributed by atoms with Crippen molar-refractivity contribution in [3.63, 3.8) is 0 Å². The second-order valence-electron chi connectivity index (χ2n) is 6.97.